The summed E-state index contributed by atoms with van der Waals surface area (Å²) in [5.74, 6) is -1.46. The van der Waals surface area contributed by atoms with Crippen LogP contribution in [0.25, 0.3) is 0 Å². The highest BCUT2D eigenvalue weighted by Crippen LogP contribution is 2.20. The highest BCUT2D eigenvalue weighted by molar-refractivity contribution is 5.76. The van der Waals surface area contributed by atoms with Crippen LogP contribution in [0, 0.1) is 5.92 Å². The normalized spacial score (nSPS) is 25.6. The molecule has 1 fully saturated rings. The molecule has 6 nitrogen and oxygen atoms in total. The van der Waals surface area contributed by atoms with Gasteiger partial charge in [0.05, 0.1) is 18.1 Å². The van der Waals surface area contributed by atoms with E-state index in [1.165, 1.54) is 4.90 Å². The number of piperidine rings is 1. The number of nitrogens with one attached hydrogen (secondary N) is 1. The van der Waals surface area contributed by atoms with Crippen LogP contribution in [0.1, 0.15) is 33.1 Å². The van der Waals surface area contributed by atoms with Crippen LogP contribution in [-0.4, -0.2) is 52.3 Å². The fourth-order valence-electron chi connectivity index (χ4n) is 2.12. The number of rotatable bonds is 4. The van der Waals surface area contributed by atoms with E-state index >= 15 is 0 Å². The summed E-state index contributed by atoms with van der Waals surface area (Å²) in [6.45, 7) is 4.51. The molecule has 1 heterocycles. The predicted molar refractivity (Wildman–Crippen MR) is 66.2 cm³/mol. The summed E-state index contributed by atoms with van der Waals surface area (Å²) >= 11 is 0. The molecule has 0 bridgehead atoms. The zero-order valence-corrected chi connectivity index (χ0v) is 11.0. The van der Waals surface area contributed by atoms with Crippen LogP contribution in [-0.2, 0) is 4.79 Å². The average Bonchev–Trinajstić information content (AvgIpc) is 2.27. The molecule has 1 aliphatic heterocycles. The maximum atomic E-state index is 11.8. The van der Waals surface area contributed by atoms with Gasteiger partial charge in [-0.3, -0.25) is 4.79 Å². The Hall–Kier alpha value is -1.30. The number of carboxylic acids is 1. The first-order valence-corrected chi connectivity index (χ1v) is 6.33. The first-order valence-electron chi connectivity index (χ1n) is 6.33. The SMILES string of the molecule is CCC(CNC(=O)N1CCCC(C)(O)C1)C(=O)O. The molecular formula is C12H22N2O4. The zero-order chi connectivity index (χ0) is 13.8. The number of carbonyl (C=O) groups excluding carboxylic acids is 1. The summed E-state index contributed by atoms with van der Waals surface area (Å²) in [4.78, 5) is 24.2. The van der Waals surface area contributed by atoms with Gasteiger partial charge in [0.25, 0.3) is 0 Å². The van der Waals surface area contributed by atoms with Crippen LogP contribution in [0.5, 0.6) is 0 Å². The van der Waals surface area contributed by atoms with Crippen LogP contribution in [0.3, 0.4) is 0 Å². The van der Waals surface area contributed by atoms with Gasteiger partial charge in [0.1, 0.15) is 0 Å². The molecule has 1 rings (SSSR count). The maximum absolute atomic E-state index is 11.8. The summed E-state index contributed by atoms with van der Waals surface area (Å²) in [6.07, 6.45) is 1.92. The highest BCUT2D eigenvalue weighted by Gasteiger charge is 2.31. The predicted octanol–water partition coefficient (Wildman–Crippen LogP) is 0.654. The van der Waals surface area contributed by atoms with Gasteiger partial charge in [-0.05, 0) is 26.2 Å². The van der Waals surface area contributed by atoms with Crippen molar-refractivity contribution in [1.82, 2.24) is 10.2 Å². The first-order chi connectivity index (χ1) is 8.35. The van der Waals surface area contributed by atoms with E-state index < -0.39 is 17.5 Å². The molecule has 1 aliphatic rings. The molecule has 0 aliphatic carbocycles. The molecule has 0 aromatic rings. The fraction of sp³-hybridized carbons (Fsp3) is 0.833. The van der Waals surface area contributed by atoms with Crippen molar-refractivity contribution in [3.63, 3.8) is 0 Å². The van der Waals surface area contributed by atoms with E-state index in [-0.39, 0.29) is 12.6 Å². The number of amides is 2. The third kappa shape index (κ3) is 4.18. The zero-order valence-electron chi connectivity index (χ0n) is 11.0. The molecule has 0 radical (unpaired) electrons. The minimum Gasteiger partial charge on any atom is -0.481 e. The molecule has 0 spiro atoms. The monoisotopic (exact) mass is 258 g/mol. The van der Waals surface area contributed by atoms with Crippen LogP contribution in [0.2, 0.25) is 0 Å². The Morgan fingerprint density at radius 3 is 2.67 bits per heavy atom. The van der Waals surface area contributed by atoms with Gasteiger partial charge in [-0.1, -0.05) is 6.92 Å². The largest absolute Gasteiger partial charge is 0.481 e. The Balaban J connectivity index is 2.43. The lowest BCUT2D eigenvalue weighted by Crippen LogP contribution is -2.52. The summed E-state index contributed by atoms with van der Waals surface area (Å²) in [6, 6.07) is -0.297. The molecule has 1 saturated heterocycles. The lowest BCUT2D eigenvalue weighted by molar-refractivity contribution is -0.141. The number of carbonyl (C=O) groups is 2. The minimum atomic E-state index is -0.900. The second-order valence-electron chi connectivity index (χ2n) is 5.15. The third-order valence-electron chi connectivity index (χ3n) is 3.30. The average molecular weight is 258 g/mol. The van der Waals surface area contributed by atoms with E-state index in [9.17, 15) is 14.7 Å². The van der Waals surface area contributed by atoms with Crippen molar-refractivity contribution in [1.29, 1.82) is 0 Å². The molecule has 0 saturated carbocycles. The standard InChI is InChI=1S/C12H22N2O4/c1-3-9(10(15)16)7-13-11(17)14-6-4-5-12(2,18)8-14/h9,18H,3-8H2,1-2H3,(H,13,17)(H,15,16). The summed E-state index contributed by atoms with van der Waals surface area (Å²) < 4.78 is 0. The number of hydrogen-bond acceptors (Lipinski definition) is 3. The number of nitrogens with zero attached hydrogens (tertiary/aromatic N) is 1. The number of likely N-dealkylation sites (tertiary alicyclic amines) is 1. The maximum Gasteiger partial charge on any atom is 0.317 e. The number of aliphatic hydroxyl groups is 1. The van der Waals surface area contributed by atoms with Gasteiger partial charge in [-0.15, -0.1) is 0 Å². The molecular weight excluding hydrogens is 236 g/mol. The number of aliphatic carboxylic acids is 1. The van der Waals surface area contributed by atoms with Crippen molar-refractivity contribution in [2.45, 2.75) is 38.7 Å². The van der Waals surface area contributed by atoms with Gasteiger partial charge in [-0.2, -0.15) is 0 Å². The molecule has 18 heavy (non-hydrogen) atoms. The molecule has 2 unspecified atom stereocenters. The quantitative estimate of drug-likeness (QED) is 0.690. The number of β-amino-alcohol motifs (C(OH)–C–C–N with tert-alkyl or cyclic N) is 1. The summed E-state index contributed by atoms with van der Waals surface area (Å²) in [7, 11) is 0. The molecule has 104 valence electrons. The molecule has 6 heteroatoms. The van der Waals surface area contributed by atoms with Crippen molar-refractivity contribution < 1.29 is 19.8 Å². The minimum absolute atomic E-state index is 0.128. The van der Waals surface area contributed by atoms with Crippen LogP contribution < -0.4 is 5.32 Å². The van der Waals surface area contributed by atoms with Crippen LogP contribution in [0.4, 0.5) is 4.79 Å². The van der Waals surface area contributed by atoms with E-state index in [0.29, 0.717) is 25.9 Å². The number of urea groups is 1. The van der Waals surface area contributed by atoms with Crippen molar-refractivity contribution in [2.75, 3.05) is 19.6 Å². The van der Waals surface area contributed by atoms with Gasteiger partial charge >= 0.3 is 12.0 Å². The lowest BCUT2D eigenvalue weighted by Gasteiger charge is -2.36. The Bertz CT molecular complexity index is 317. The van der Waals surface area contributed by atoms with E-state index in [4.69, 9.17) is 5.11 Å². The molecule has 0 aromatic carbocycles. The van der Waals surface area contributed by atoms with Crippen molar-refractivity contribution >= 4 is 12.0 Å². The smallest absolute Gasteiger partial charge is 0.317 e. The Kier molecular flexibility index (Phi) is 4.95. The Morgan fingerprint density at radius 1 is 1.50 bits per heavy atom. The first kappa shape index (κ1) is 14.8. The van der Waals surface area contributed by atoms with E-state index in [2.05, 4.69) is 5.32 Å². The van der Waals surface area contributed by atoms with Crippen molar-refractivity contribution in [3.8, 4) is 0 Å². The van der Waals surface area contributed by atoms with Gasteiger partial charge in [-0.25, -0.2) is 4.79 Å². The van der Waals surface area contributed by atoms with Gasteiger partial charge < -0.3 is 20.4 Å². The number of hydrogen-bond donors (Lipinski definition) is 3. The second kappa shape index (κ2) is 6.04. The Labute approximate surface area is 107 Å². The Morgan fingerprint density at radius 2 is 2.17 bits per heavy atom. The highest BCUT2D eigenvalue weighted by atomic mass is 16.4. The third-order valence-corrected chi connectivity index (χ3v) is 3.30. The number of carboxylic acid groups (broad SMARTS) is 1. The molecule has 2 amide bonds. The van der Waals surface area contributed by atoms with E-state index in [1.807, 2.05) is 0 Å². The molecule has 3 N–H and O–H groups in total. The van der Waals surface area contributed by atoms with Crippen molar-refractivity contribution in [2.24, 2.45) is 5.92 Å². The van der Waals surface area contributed by atoms with Crippen LogP contribution >= 0.6 is 0 Å². The van der Waals surface area contributed by atoms with Crippen molar-refractivity contribution in [3.05, 3.63) is 0 Å². The van der Waals surface area contributed by atoms with Gasteiger partial charge in [0.15, 0.2) is 0 Å². The molecule has 2 atom stereocenters. The van der Waals surface area contributed by atoms with Crippen LogP contribution in [0.15, 0.2) is 0 Å². The molecule has 0 aromatic heterocycles. The lowest BCUT2D eigenvalue weighted by atomic mass is 9.95. The fourth-order valence-corrected chi connectivity index (χ4v) is 2.12. The van der Waals surface area contributed by atoms with E-state index in [0.717, 1.165) is 6.42 Å². The topological polar surface area (TPSA) is 89.9 Å². The van der Waals surface area contributed by atoms with Gasteiger partial charge in [0.2, 0.25) is 0 Å². The summed E-state index contributed by atoms with van der Waals surface area (Å²) in [5.41, 5.74) is -0.841. The van der Waals surface area contributed by atoms with Gasteiger partial charge in [0, 0.05) is 13.1 Å². The second-order valence-corrected chi connectivity index (χ2v) is 5.15. The van der Waals surface area contributed by atoms with E-state index in [1.54, 1.807) is 13.8 Å². The summed E-state index contributed by atoms with van der Waals surface area (Å²) in [5, 5.41) is 21.4.